The molecule has 0 spiro atoms. The van der Waals surface area contributed by atoms with E-state index in [1.807, 2.05) is 23.1 Å². The zero-order chi connectivity index (χ0) is 16.4. The molecule has 0 N–H and O–H groups in total. The Hall–Kier alpha value is -2.17. The summed E-state index contributed by atoms with van der Waals surface area (Å²) in [7, 11) is 0. The predicted molar refractivity (Wildman–Crippen MR) is 86.7 cm³/mol. The van der Waals surface area contributed by atoms with Crippen LogP contribution in [0.25, 0.3) is 0 Å². The second-order valence-corrected chi connectivity index (χ2v) is 6.91. The van der Waals surface area contributed by atoms with Gasteiger partial charge in [0.1, 0.15) is 0 Å². The van der Waals surface area contributed by atoms with E-state index in [1.54, 1.807) is 6.92 Å². The first-order valence-corrected chi connectivity index (χ1v) is 8.11. The molecule has 3 rings (SSSR count). The molecule has 0 saturated carbocycles. The van der Waals surface area contributed by atoms with Crippen LogP contribution in [0.1, 0.15) is 50.0 Å². The van der Waals surface area contributed by atoms with Gasteiger partial charge in [-0.1, -0.05) is 49.3 Å². The fourth-order valence-electron chi connectivity index (χ4n) is 3.40. The highest BCUT2D eigenvalue weighted by Gasteiger charge is 2.48. The summed E-state index contributed by atoms with van der Waals surface area (Å²) in [6.07, 6.45) is 1.90. The highest BCUT2D eigenvalue weighted by Crippen LogP contribution is 2.48. The minimum absolute atomic E-state index is 0.126. The molecule has 1 aliphatic rings. The monoisotopic (exact) mass is 313 g/mol. The van der Waals surface area contributed by atoms with E-state index in [2.05, 4.69) is 36.1 Å². The van der Waals surface area contributed by atoms with Gasteiger partial charge >= 0.3 is 0 Å². The van der Waals surface area contributed by atoms with Crippen LogP contribution in [0.2, 0.25) is 0 Å². The highest BCUT2D eigenvalue weighted by atomic mass is 16.5. The summed E-state index contributed by atoms with van der Waals surface area (Å²) in [5, 5.41) is 3.77. The van der Waals surface area contributed by atoms with Crippen molar-refractivity contribution in [3.05, 3.63) is 47.6 Å². The number of likely N-dealkylation sites (tertiary alicyclic amines) is 1. The molecule has 1 atom stereocenters. The number of aryl methyl sites for hydroxylation is 2. The van der Waals surface area contributed by atoms with Gasteiger partial charge in [-0.05, 0) is 18.9 Å². The summed E-state index contributed by atoms with van der Waals surface area (Å²) in [6.45, 7) is 7.04. The van der Waals surface area contributed by atoms with Crippen molar-refractivity contribution in [3.63, 3.8) is 0 Å². The van der Waals surface area contributed by atoms with Gasteiger partial charge in [0.2, 0.25) is 11.8 Å². The van der Waals surface area contributed by atoms with Crippen LogP contribution in [0.5, 0.6) is 0 Å². The van der Waals surface area contributed by atoms with Crippen molar-refractivity contribution in [1.82, 2.24) is 15.0 Å². The fourth-order valence-corrected chi connectivity index (χ4v) is 3.40. The second kappa shape index (κ2) is 6.14. The third kappa shape index (κ3) is 3.28. The van der Waals surface area contributed by atoms with Crippen LogP contribution in [0, 0.1) is 12.3 Å². The maximum absolute atomic E-state index is 12.6. The van der Waals surface area contributed by atoms with E-state index in [1.165, 1.54) is 5.56 Å². The lowest BCUT2D eigenvalue weighted by atomic mass is 9.71. The number of rotatable bonds is 5. The molecule has 0 radical (unpaired) electrons. The lowest BCUT2D eigenvalue weighted by Gasteiger charge is -2.54. The number of carbonyl (C=O) groups excluding carboxylic acids is 1. The molecular weight excluding hydrogens is 290 g/mol. The summed E-state index contributed by atoms with van der Waals surface area (Å²) < 4.78 is 5.08. The Labute approximate surface area is 136 Å². The molecule has 1 saturated heterocycles. The Bertz CT molecular complexity index is 679. The fraction of sp³-hybridized carbons (Fsp3) is 0.500. The topological polar surface area (TPSA) is 59.2 Å². The minimum Gasteiger partial charge on any atom is -0.339 e. The maximum Gasteiger partial charge on any atom is 0.226 e. The van der Waals surface area contributed by atoms with Crippen molar-refractivity contribution in [3.8, 4) is 0 Å². The summed E-state index contributed by atoms with van der Waals surface area (Å²) in [5.41, 5.74) is 1.34. The van der Waals surface area contributed by atoms with Crippen LogP contribution >= 0.6 is 0 Å². The highest BCUT2D eigenvalue weighted by molar-refractivity contribution is 5.78. The molecule has 0 aliphatic carbocycles. The van der Waals surface area contributed by atoms with Crippen molar-refractivity contribution in [1.29, 1.82) is 0 Å². The quantitative estimate of drug-likeness (QED) is 0.849. The summed E-state index contributed by atoms with van der Waals surface area (Å²) >= 11 is 0. The van der Waals surface area contributed by atoms with Gasteiger partial charge in [-0.2, -0.15) is 4.98 Å². The van der Waals surface area contributed by atoms with Crippen LogP contribution in [0.15, 0.2) is 34.9 Å². The van der Waals surface area contributed by atoms with Crippen LogP contribution in [0.4, 0.5) is 0 Å². The normalized spacial score (nSPS) is 19.4. The van der Waals surface area contributed by atoms with Crippen molar-refractivity contribution >= 4 is 5.91 Å². The smallest absolute Gasteiger partial charge is 0.226 e. The number of amides is 1. The number of benzene rings is 1. The van der Waals surface area contributed by atoms with Crippen LogP contribution in [-0.4, -0.2) is 27.5 Å². The molecule has 0 bridgehead atoms. The Kier molecular flexibility index (Phi) is 4.20. The van der Waals surface area contributed by atoms with E-state index in [-0.39, 0.29) is 17.4 Å². The van der Waals surface area contributed by atoms with E-state index >= 15 is 0 Å². The Morgan fingerprint density at radius 2 is 2.09 bits per heavy atom. The number of aromatic nitrogens is 2. The van der Waals surface area contributed by atoms with Crippen LogP contribution in [-0.2, 0) is 11.2 Å². The standard InChI is InChI=1S/C18H23N3O2/c1-13-19-15(23-20-13)10-7-11-16(22)21-12-18(2,3)17(21)14-8-5-4-6-9-14/h4-6,8-9,17H,7,10-12H2,1-3H3. The molecule has 1 unspecified atom stereocenters. The zero-order valence-corrected chi connectivity index (χ0v) is 14.0. The first kappa shape index (κ1) is 15.7. The lowest BCUT2D eigenvalue weighted by Crippen LogP contribution is -2.57. The molecule has 1 aromatic heterocycles. The predicted octanol–water partition coefficient (Wildman–Crippen LogP) is 3.31. The molecule has 1 aliphatic heterocycles. The molecular formula is C18H23N3O2. The molecule has 1 aromatic carbocycles. The van der Waals surface area contributed by atoms with Crippen molar-refractivity contribution < 1.29 is 9.32 Å². The summed E-state index contributed by atoms with van der Waals surface area (Å²) in [4.78, 5) is 18.7. The van der Waals surface area contributed by atoms with Gasteiger partial charge in [0.25, 0.3) is 0 Å². The van der Waals surface area contributed by atoms with Crippen molar-refractivity contribution in [2.75, 3.05) is 6.54 Å². The number of nitrogens with zero attached hydrogens (tertiary/aromatic N) is 3. The van der Waals surface area contributed by atoms with Crippen molar-refractivity contribution in [2.45, 2.75) is 46.1 Å². The van der Waals surface area contributed by atoms with Gasteiger partial charge in [0.15, 0.2) is 5.82 Å². The van der Waals surface area contributed by atoms with Crippen LogP contribution in [0.3, 0.4) is 0 Å². The summed E-state index contributed by atoms with van der Waals surface area (Å²) in [6, 6.07) is 10.4. The van der Waals surface area contributed by atoms with Gasteiger partial charge < -0.3 is 9.42 Å². The molecule has 5 nitrogen and oxygen atoms in total. The van der Waals surface area contributed by atoms with Gasteiger partial charge in [0, 0.05) is 24.8 Å². The Morgan fingerprint density at radius 3 is 2.70 bits per heavy atom. The SMILES string of the molecule is Cc1noc(CCCC(=O)N2CC(C)(C)C2c2ccccc2)n1. The molecule has 5 heteroatoms. The van der Waals surface area contributed by atoms with E-state index in [9.17, 15) is 4.79 Å². The Balaban J connectivity index is 1.59. The van der Waals surface area contributed by atoms with E-state index in [0.717, 1.165) is 13.0 Å². The van der Waals surface area contributed by atoms with Gasteiger partial charge in [-0.15, -0.1) is 0 Å². The molecule has 122 valence electrons. The average molecular weight is 313 g/mol. The maximum atomic E-state index is 12.6. The zero-order valence-electron chi connectivity index (χ0n) is 14.0. The van der Waals surface area contributed by atoms with Crippen LogP contribution < -0.4 is 0 Å². The summed E-state index contributed by atoms with van der Waals surface area (Å²) in [5.74, 6) is 1.45. The van der Waals surface area contributed by atoms with E-state index in [0.29, 0.717) is 24.6 Å². The molecule has 1 amide bonds. The largest absolute Gasteiger partial charge is 0.339 e. The lowest BCUT2D eigenvalue weighted by molar-refractivity contribution is -0.152. The first-order valence-electron chi connectivity index (χ1n) is 8.11. The van der Waals surface area contributed by atoms with Gasteiger partial charge in [-0.25, -0.2) is 0 Å². The third-order valence-electron chi connectivity index (χ3n) is 4.42. The molecule has 1 fully saturated rings. The number of carbonyl (C=O) groups is 1. The minimum atomic E-state index is 0.126. The van der Waals surface area contributed by atoms with E-state index < -0.39 is 0 Å². The average Bonchev–Trinajstić information content (AvgIpc) is 2.91. The van der Waals surface area contributed by atoms with Gasteiger partial charge in [-0.3, -0.25) is 4.79 Å². The molecule has 23 heavy (non-hydrogen) atoms. The number of hydrogen-bond acceptors (Lipinski definition) is 4. The second-order valence-electron chi connectivity index (χ2n) is 6.91. The van der Waals surface area contributed by atoms with Crippen molar-refractivity contribution in [2.24, 2.45) is 5.41 Å². The molecule has 2 aromatic rings. The van der Waals surface area contributed by atoms with E-state index in [4.69, 9.17) is 4.52 Å². The first-order chi connectivity index (χ1) is 11.0. The third-order valence-corrected chi connectivity index (χ3v) is 4.42. The van der Waals surface area contributed by atoms with Gasteiger partial charge in [0.05, 0.1) is 6.04 Å². The number of hydrogen-bond donors (Lipinski definition) is 0. The Morgan fingerprint density at radius 1 is 1.35 bits per heavy atom. The molecule has 2 heterocycles.